The summed E-state index contributed by atoms with van der Waals surface area (Å²) in [5, 5.41) is 4.14. The summed E-state index contributed by atoms with van der Waals surface area (Å²) in [5.74, 6) is 1.98. The molecule has 0 aromatic carbocycles. The van der Waals surface area contributed by atoms with Crippen LogP contribution in [0, 0.1) is 6.92 Å². The molecule has 9 heteroatoms. The first kappa shape index (κ1) is 19.5. The number of nitrogens with one attached hydrogen (secondary N) is 1. The molecule has 1 aliphatic heterocycles. The number of piperidine rings is 1. The average Bonchev–Trinajstić information content (AvgIpc) is 2.74. The molecule has 0 aliphatic carbocycles. The highest BCUT2D eigenvalue weighted by atomic mass is 16.5. The molecule has 0 unspecified atom stereocenters. The number of hydrogen-bond acceptors (Lipinski definition) is 7. The van der Waals surface area contributed by atoms with Crippen LogP contribution in [0.5, 0.6) is 11.6 Å². The molecule has 0 radical (unpaired) electrons. The molecule has 0 saturated carbocycles. The number of pyridine rings is 1. The molecule has 3 heterocycles. The number of methoxy groups -OCH3 is 1. The van der Waals surface area contributed by atoms with E-state index in [1.807, 2.05) is 19.9 Å². The second-order valence-corrected chi connectivity index (χ2v) is 6.27. The number of likely N-dealkylation sites (tertiary alicyclic amines) is 1. The van der Waals surface area contributed by atoms with Gasteiger partial charge in [-0.2, -0.15) is 5.10 Å². The monoisotopic (exact) mass is 383 g/mol. The molecule has 9 nitrogen and oxygen atoms in total. The first-order valence-corrected chi connectivity index (χ1v) is 9.20. The van der Waals surface area contributed by atoms with Gasteiger partial charge in [0.1, 0.15) is 12.4 Å². The Morgan fingerprint density at radius 1 is 1.25 bits per heavy atom. The van der Waals surface area contributed by atoms with Crippen molar-refractivity contribution in [2.45, 2.75) is 32.8 Å². The van der Waals surface area contributed by atoms with Gasteiger partial charge in [-0.3, -0.25) is 0 Å². The van der Waals surface area contributed by atoms with Crippen LogP contribution >= 0.6 is 0 Å². The first-order valence-electron chi connectivity index (χ1n) is 9.20. The summed E-state index contributed by atoms with van der Waals surface area (Å²) in [6.07, 6.45) is 8.47. The fraction of sp³-hybridized carbons (Fsp3) is 0.421. The van der Waals surface area contributed by atoms with E-state index in [1.54, 1.807) is 31.8 Å². The quantitative estimate of drug-likeness (QED) is 0.481. The lowest BCUT2D eigenvalue weighted by atomic mass is 10.1. The minimum Gasteiger partial charge on any atom is -0.487 e. The van der Waals surface area contributed by atoms with Gasteiger partial charge < -0.3 is 14.4 Å². The highest BCUT2D eigenvalue weighted by Gasteiger charge is 2.23. The normalized spacial score (nSPS) is 15.7. The van der Waals surface area contributed by atoms with E-state index in [-0.39, 0.29) is 6.10 Å². The molecule has 1 saturated heterocycles. The molecule has 2 aromatic rings. The summed E-state index contributed by atoms with van der Waals surface area (Å²) in [5.41, 5.74) is 4.59. The second-order valence-electron chi connectivity index (χ2n) is 6.27. The van der Waals surface area contributed by atoms with E-state index >= 15 is 0 Å². The highest BCUT2D eigenvalue weighted by Crippen LogP contribution is 2.21. The van der Waals surface area contributed by atoms with E-state index in [0.717, 1.165) is 43.1 Å². The molecular formula is C19H25N7O2. The number of ether oxygens (including phenoxy) is 2. The molecule has 0 atom stereocenters. The number of aryl methyl sites for hydroxylation is 1. The molecular weight excluding hydrogens is 358 g/mol. The first-order chi connectivity index (χ1) is 13.7. The van der Waals surface area contributed by atoms with Gasteiger partial charge in [0.25, 0.3) is 0 Å². The summed E-state index contributed by atoms with van der Waals surface area (Å²) < 4.78 is 11.2. The molecule has 1 N–H and O–H groups in total. The third-order valence-electron chi connectivity index (χ3n) is 4.36. The molecule has 0 spiro atoms. The fourth-order valence-electron chi connectivity index (χ4n) is 2.83. The maximum Gasteiger partial charge on any atom is 0.220 e. The summed E-state index contributed by atoms with van der Waals surface area (Å²) in [7, 11) is 1.59. The zero-order valence-electron chi connectivity index (χ0n) is 16.4. The van der Waals surface area contributed by atoms with E-state index in [4.69, 9.17) is 9.47 Å². The van der Waals surface area contributed by atoms with Gasteiger partial charge in [-0.25, -0.2) is 25.4 Å². The van der Waals surface area contributed by atoms with Crippen LogP contribution in [0.15, 0.2) is 40.9 Å². The predicted molar refractivity (Wildman–Crippen MR) is 107 cm³/mol. The molecule has 0 amide bonds. The van der Waals surface area contributed by atoms with Crippen molar-refractivity contribution in [1.82, 2.24) is 25.3 Å². The van der Waals surface area contributed by atoms with Gasteiger partial charge in [-0.05, 0) is 19.9 Å². The molecule has 0 bridgehead atoms. The van der Waals surface area contributed by atoms with Crippen LogP contribution in [0.1, 0.15) is 25.5 Å². The molecule has 1 aliphatic rings. The molecule has 28 heavy (non-hydrogen) atoms. The maximum absolute atomic E-state index is 6.07. The Morgan fingerprint density at radius 3 is 2.71 bits per heavy atom. The molecule has 1 fully saturated rings. The Balaban J connectivity index is 1.65. The van der Waals surface area contributed by atoms with Crippen LogP contribution in [0.25, 0.3) is 0 Å². The Kier molecular flexibility index (Phi) is 6.72. The Bertz CT molecular complexity index is 815. The minimum absolute atomic E-state index is 0.125. The van der Waals surface area contributed by atoms with Gasteiger partial charge in [0.2, 0.25) is 11.8 Å². The lowest BCUT2D eigenvalue weighted by Gasteiger charge is -2.33. The fourth-order valence-corrected chi connectivity index (χ4v) is 2.83. The smallest absolute Gasteiger partial charge is 0.220 e. The number of nitrogens with zero attached hydrogens (tertiary/aromatic N) is 6. The Labute approximate surface area is 164 Å². The van der Waals surface area contributed by atoms with E-state index in [0.29, 0.717) is 11.8 Å². The van der Waals surface area contributed by atoms with Crippen molar-refractivity contribution in [1.29, 1.82) is 0 Å². The largest absolute Gasteiger partial charge is 0.487 e. The number of rotatable bonds is 5. The topological polar surface area (TPSA) is 97.1 Å². The van der Waals surface area contributed by atoms with Gasteiger partial charge in [0.05, 0.1) is 30.9 Å². The van der Waals surface area contributed by atoms with Gasteiger partial charge in [-0.15, -0.1) is 0 Å². The van der Waals surface area contributed by atoms with Crippen LogP contribution < -0.4 is 14.9 Å². The summed E-state index contributed by atoms with van der Waals surface area (Å²) in [6.45, 7) is 5.37. The van der Waals surface area contributed by atoms with Crippen LogP contribution in [0.2, 0.25) is 0 Å². The third-order valence-corrected chi connectivity index (χ3v) is 4.36. The van der Waals surface area contributed by atoms with Crippen molar-refractivity contribution < 1.29 is 9.47 Å². The lowest BCUT2D eigenvalue weighted by molar-refractivity contribution is 0.128. The zero-order chi connectivity index (χ0) is 19.8. The van der Waals surface area contributed by atoms with Crippen molar-refractivity contribution in [3.63, 3.8) is 0 Å². The SMILES string of the molecule is C/C=N/NC(=Nc1ccc(OC)nc1)N1CCC(Oc2cncnc2C)CC1. The highest BCUT2D eigenvalue weighted by molar-refractivity contribution is 5.83. The number of aliphatic imine (C=N–C) groups is 1. The number of guanidine groups is 1. The second kappa shape index (κ2) is 9.63. The standard InChI is InChI=1S/C19H25N7O2/c1-4-23-25-19(24-15-5-6-18(27-3)21-11-15)26-9-7-16(8-10-26)28-17-12-20-13-22-14(17)2/h4-6,11-13,16H,7-10H2,1-3H3,(H,24,25)/b23-4+. The van der Waals surface area contributed by atoms with Gasteiger partial charge in [0, 0.05) is 38.2 Å². The average molecular weight is 383 g/mol. The Hall–Kier alpha value is -3.23. The van der Waals surface area contributed by atoms with Crippen molar-refractivity contribution in [2.24, 2.45) is 10.1 Å². The number of aromatic nitrogens is 3. The zero-order valence-corrected chi connectivity index (χ0v) is 16.4. The maximum atomic E-state index is 6.07. The van der Waals surface area contributed by atoms with Crippen molar-refractivity contribution in [2.75, 3.05) is 20.2 Å². The van der Waals surface area contributed by atoms with Crippen LogP contribution in [-0.2, 0) is 0 Å². The van der Waals surface area contributed by atoms with Crippen molar-refractivity contribution in [3.8, 4) is 11.6 Å². The third kappa shape index (κ3) is 5.15. The van der Waals surface area contributed by atoms with E-state index in [1.165, 1.54) is 6.33 Å². The molecule has 2 aromatic heterocycles. The number of hydrazone groups is 1. The number of hydrogen-bond donors (Lipinski definition) is 1. The molecule has 148 valence electrons. The Morgan fingerprint density at radius 2 is 2.07 bits per heavy atom. The van der Waals surface area contributed by atoms with Gasteiger partial charge in [-0.1, -0.05) is 0 Å². The van der Waals surface area contributed by atoms with Crippen LogP contribution in [0.4, 0.5) is 5.69 Å². The summed E-state index contributed by atoms with van der Waals surface area (Å²) in [4.78, 5) is 19.2. The van der Waals surface area contributed by atoms with Crippen molar-refractivity contribution in [3.05, 3.63) is 36.5 Å². The van der Waals surface area contributed by atoms with Crippen molar-refractivity contribution >= 4 is 17.9 Å². The summed E-state index contributed by atoms with van der Waals surface area (Å²) in [6, 6.07) is 3.64. The van der Waals surface area contributed by atoms with Crippen LogP contribution in [-0.4, -0.2) is 58.3 Å². The lowest BCUT2D eigenvalue weighted by Crippen LogP contribution is -2.46. The van der Waals surface area contributed by atoms with E-state index in [9.17, 15) is 0 Å². The van der Waals surface area contributed by atoms with Gasteiger partial charge in [0.15, 0.2) is 5.75 Å². The predicted octanol–water partition coefficient (Wildman–Crippen LogP) is 2.31. The minimum atomic E-state index is 0.125. The van der Waals surface area contributed by atoms with E-state index < -0.39 is 0 Å². The van der Waals surface area contributed by atoms with Crippen LogP contribution in [0.3, 0.4) is 0 Å². The summed E-state index contributed by atoms with van der Waals surface area (Å²) >= 11 is 0. The van der Waals surface area contributed by atoms with E-state index in [2.05, 4.69) is 35.4 Å². The molecule has 3 rings (SSSR count). The van der Waals surface area contributed by atoms with Gasteiger partial charge >= 0.3 is 0 Å².